The minimum atomic E-state index is -1.82. The van der Waals surface area contributed by atoms with Crippen LogP contribution in [0.5, 0.6) is 5.75 Å². The molecule has 1 atom stereocenters. The second-order valence-electron chi connectivity index (χ2n) is 9.13. The number of aryl methyl sites for hydroxylation is 1. The second-order valence-corrected chi connectivity index (χ2v) is 10.3. The lowest BCUT2D eigenvalue weighted by Crippen LogP contribution is -2.45. The van der Waals surface area contributed by atoms with Crippen molar-refractivity contribution in [2.75, 3.05) is 38.2 Å². The summed E-state index contributed by atoms with van der Waals surface area (Å²) in [5.74, 6) is -2.21. The van der Waals surface area contributed by atoms with Gasteiger partial charge >= 0.3 is 11.9 Å². The zero-order chi connectivity index (χ0) is 28.4. The lowest BCUT2D eigenvalue weighted by molar-refractivity contribution is -0.159. The highest BCUT2D eigenvalue weighted by Gasteiger charge is 2.31. The Balaban J connectivity index is 0.000000631. The zero-order valence-corrected chi connectivity index (χ0v) is 22.7. The Morgan fingerprint density at radius 2 is 1.69 bits per heavy atom. The van der Waals surface area contributed by atoms with Crippen LogP contribution in [0.15, 0.2) is 36.7 Å². The zero-order valence-electron chi connectivity index (χ0n) is 21.9. The fourth-order valence-electron chi connectivity index (χ4n) is 4.15. The molecule has 3 heterocycles. The number of carbonyl (C=O) groups is 4. The highest BCUT2D eigenvalue weighted by molar-refractivity contribution is 8.15. The van der Waals surface area contributed by atoms with E-state index in [4.69, 9.17) is 24.5 Å². The second kappa shape index (κ2) is 14.4. The first kappa shape index (κ1) is 29.8. The summed E-state index contributed by atoms with van der Waals surface area (Å²) >= 11 is 1.06. The molecular weight excluding hydrogens is 526 g/mol. The number of hydrogen-bond acceptors (Lipinski definition) is 10. The Labute approximate surface area is 230 Å². The van der Waals surface area contributed by atoms with E-state index in [9.17, 15) is 9.59 Å². The number of carboxylic acids is 2. The van der Waals surface area contributed by atoms with Gasteiger partial charge in [-0.05, 0) is 56.0 Å². The van der Waals surface area contributed by atoms with Gasteiger partial charge in [0.1, 0.15) is 12.4 Å². The Bertz CT molecular complexity index is 1130. The van der Waals surface area contributed by atoms with Crippen LogP contribution < -0.4 is 15.0 Å². The van der Waals surface area contributed by atoms with E-state index in [0.717, 1.165) is 67.9 Å². The molecule has 2 fully saturated rings. The van der Waals surface area contributed by atoms with Crippen LogP contribution in [0.3, 0.4) is 0 Å². The molecule has 1 aromatic carbocycles. The maximum atomic E-state index is 11.7. The molecule has 1 unspecified atom stereocenters. The van der Waals surface area contributed by atoms with Crippen LogP contribution in [-0.4, -0.2) is 92.7 Å². The van der Waals surface area contributed by atoms with Crippen LogP contribution in [0.4, 0.5) is 10.7 Å². The standard InChI is InChI=1S/C24H31N5O3S.C2H2O4/c1-3-17-15-25-23(26-16-17)29-10-8-19(9-11-29)28(2)12-13-32-20-6-4-18(5-7-20)14-21-22(30)27-24(31)33-21;3-1(4)2(5)6/h4-7,15-16,19,21H,3,8-14H2,1-2H3,(H,27,30,31);(H,3,4)(H,5,6). The minimum absolute atomic E-state index is 0.207. The van der Waals surface area contributed by atoms with E-state index in [2.05, 4.69) is 39.1 Å². The Morgan fingerprint density at radius 3 is 2.21 bits per heavy atom. The fourth-order valence-corrected chi connectivity index (χ4v) is 5.01. The number of thioether (sulfide) groups is 1. The molecule has 2 amide bonds. The van der Waals surface area contributed by atoms with Crippen molar-refractivity contribution in [3.8, 4) is 5.75 Å². The third-order valence-corrected chi connectivity index (χ3v) is 7.46. The summed E-state index contributed by atoms with van der Waals surface area (Å²) in [6.07, 6.45) is 7.52. The average molecular weight is 560 g/mol. The first-order valence-corrected chi connectivity index (χ1v) is 13.5. The van der Waals surface area contributed by atoms with Gasteiger partial charge in [0.2, 0.25) is 11.9 Å². The number of piperidine rings is 1. The monoisotopic (exact) mass is 559 g/mol. The van der Waals surface area contributed by atoms with Gasteiger partial charge in [0, 0.05) is 38.1 Å². The van der Waals surface area contributed by atoms with Crippen LogP contribution >= 0.6 is 11.8 Å². The number of amides is 2. The summed E-state index contributed by atoms with van der Waals surface area (Å²) in [4.78, 5) is 54.9. The average Bonchev–Trinajstić information content (AvgIpc) is 3.26. The van der Waals surface area contributed by atoms with E-state index in [1.54, 1.807) is 0 Å². The molecule has 0 spiro atoms. The van der Waals surface area contributed by atoms with Crippen LogP contribution in [0.25, 0.3) is 0 Å². The fraction of sp³-hybridized carbons (Fsp3) is 0.462. The van der Waals surface area contributed by atoms with E-state index in [1.165, 1.54) is 5.56 Å². The van der Waals surface area contributed by atoms with Gasteiger partial charge < -0.3 is 19.8 Å². The number of likely N-dealkylation sites (N-methyl/N-ethyl adjacent to an activating group) is 1. The van der Waals surface area contributed by atoms with Crippen molar-refractivity contribution in [2.45, 2.75) is 43.9 Å². The van der Waals surface area contributed by atoms with Crippen molar-refractivity contribution in [1.82, 2.24) is 20.2 Å². The predicted molar refractivity (Wildman–Crippen MR) is 145 cm³/mol. The molecule has 1 aromatic heterocycles. The van der Waals surface area contributed by atoms with Gasteiger partial charge in [0.15, 0.2) is 0 Å². The molecule has 0 saturated carbocycles. The number of benzene rings is 1. The molecule has 0 bridgehead atoms. The molecule has 3 N–H and O–H groups in total. The van der Waals surface area contributed by atoms with Crippen molar-refractivity contribution in [1.29, 1.82) is 0 Å². The third-order valence-electron chi connectivity index (χ3n) is 6.48. The number of hydrogen-bond donors (Lipinski definition) is 3. The molecular formula is C26H33N5O7S. The van der Waals surface area contributed by atoms with Crippen molar-refractivity contribution in [3.05, 3.63) is 47.8 Å². The molecule has 13 heteroatoms. The summed E-state index contributed by atoms with van der Waals surface area (Å²) in [5, 5.41) is 16.5. The Kier molecular flexibility index (Phi) is 11.1. The van der Waals surface area contributed by atoms with Gasteiger partial charge in [-0.1, -0.05) is 30.8 Å². The first-order chi connectivity index (χ1) is 18.7. The topological polar surface area (TPSA) is 162 Å². The van der Waals surface area contributed by atoms with Gasteiger partial charge in [-0.3, -0.25) is 19.8 Å². The third kappa shape index (κ3) is 9.21. The van der Waals surface area contributed by atoms with Gasteiger partial charge in [0.25, 0.3) is 5.24 Å². The number of carbonyl (C=O) groups excluding carboxylic acids is 2. The van der Waals surface area contributed by atoms with Crippen molar-refractivity contribution < 1.29 is 34.1 Å². The maximum Gasteiger partial charge on any atom is 0.414 e. The summed E-state index contributed by atoms with van der Waals surface area (Å²) in [6, 6.07) is 8.30. The quantitative estimate of drug-likeness (QED) is 0.384. The van der Waals surface area contributed by atoms with Crippen LogP contribution in [0.2, 0.25) is 0 Å². The highest BCUT2D eigenvalue weighted by Crippen LogP contribution is 2.24. The van der Waals surface area contributed by atoms with Crippen LogP contribution in [-0.2, 0) is 27.2 Å². The lowest BCUT2D eigenvalue weighted by Gasteiger charge is -2.36. The van der Waals surface area contributed by atoms with Gasteiger partial charge in [-0.2, -0.15) is 0 Å². The number of nitrogens with one attached hydrogen (secondary N) is 1. The number of aromatic nitrogens is 2. The minimum Gasteiger partial charge on any atom is -0.492 e. The number of nitrogens with zero attached hydrogens (tertiary/aromatic N) is 4. The number of aliphatic carboxylic acids is 2. The predicted octanol–water partition coefficient (Wildman–Crippen LogP) is 2.07. The summed E-state index contributed by atoms with van der Waals surface area (Å²) in [5.41, 5.74) is 2.18. The lowest BCUT2D eigenvalue weighted by atomic mass is 10.0. The van der Waals surface area contributed by atoms with Gasteiger partial charge in [-0.25, -0.2) is 19.6 Å². The Hall–Kier alpha value is -3.71. The van der Waals surface area contributed by atoms with E-state index in [0.29, 0.717) is 19.1 Å². The molecule has 0 aliphatic carbocycles. The number of imide groups is 1. The molecule has 2 saturated heterocycles. The van der Waals surface area contributed by atoms with Gasteiger partial charge in [0.05, 0.1) is 5.25 Å². The van der Waals surface area contributed by atoms with E-state index < -0.39 is 11.9 Å². The summed E-state index contributed by atoms with van der Waals surface area (Å²) < 4.78 is 5.93. The summed E-state index contributed by atoms with van der Waals surface area (Å²) in [7, 11) is 2.16. The smallest absolute Gasteiger partial charge is 0.414 e. The molecule has 2 aliphatic rings. The molecule has 12 nitrogen and oxygen atoms in total. The number of carboxylic acid groups (broad SMARTS) is 2. The molecule has 2 aromatic rings. The number of ether oxygens (including phenoxy) is 1. The largest absolute Gasteiger partial charge is 0.492 e. The Morgan fingerprint density at radius 1 is 1.08 bits per heavy atom. The molecule has 4 rings (SSSR count). The van der Waals surface area contributed by atoms with E-state index in [-0.39, 0.29) is 16.4 Å². The normalized spacial score (nSPS) is 17.4. The molecule has 210 valence electrons. The number of anilines is 1. The van der Waals surface area contributed by atoms with E-state index in [1.807, 2.05) is 36.7 Å². The number of rotatable bonds is 9. The maximum absolute atomic E-state index is 11.7. The SMILES string of the molecule is CCc1cnc(N2CCC(N(C)CCOc3ccc(CC4SC(=O)NC4=O)cc3)CC2)nc1.O=C(O)C(=O)O. The van der Waals surface area contributed by atoms with Crippen molar-refractivity contribution in [2.24, 2.45) is 0 Å². The summed E-state index contributed by atoms with van der Waals surface area (Å²) in [6.45, 7) is 5.51. The molecule has 0 radical (unpaired) electrons. The molecule has 2 aliphatic heterocycles. The van der Waals surface area contributed by atoms with Gasteiger partial charge in [-0.15, -0.1) is 0 Å². The van der Waals surface area contributed by atoms with E-state index >= 15 is 0 Å². The van der Waals surface area contributed by atoms with Crippen LogP contribution in [0, 0.1) is 0 Å². The molecule has 39 heavy (non-hydrogen) atoms. The first-order valence-electron chi connectivity index (χ1n) is 12.6. The van der Waals surface area contributed by atoms with Crippen LogP contribution in [0.1, 0.15) is 30.9 Å². The highest BCUT2D eigenvalue weighted by atomic mass is 32.2. The van der Waals surface area contributed by atoms with Crippen molar-refractivity contribution >= 4 is 40.8 Å². The van der Waals surface area contributed by atoms with Crippen molar-refractivity contribution in [3.63, 3.8) is 0 Å².